The lowest BCUT2D eigenvalue weighted by Crippen LogP contribution is -2.31. The monoisotopic (exact) mass is 612 g/mol. The van der Waals surface area contributed by atoms with Gasteiger partial charge in [0.25, 0.3) is 5.91 Å². The van der Waals surface area contributed by atoms with Crippen LogP contribution in [0.2, 0.25) is 5.02 Å². The van der Waals surface area contributed by atoms with Crippen LogP contribution >= 0.6 is 46.0 Å². The number of benzene rings is 2. The van der Waals surface area contributed by atoms with E-state index in [9.17, 15) is 14.7 Å². The lowest BCUT2D eigenvalue weighted by molar-refractivity contribution is -0.117. The number of halogens is 1. The molecule has 2 aromatic heterocycles. The Morgan fingerprint density at radius 1 is 1.10 bits per heavy atom. The largest absolute Gasteiger partial charge is 0.503 e. The van der Waals surface area contributed by atoms with Crippen LogP contribution in [0.5, 0.6) is 5.75 Å². The zero-order chi connectivity index (χ0) is 28.4. The van der Waals surface area contributed by atoms with Crippen molar-refractivity contribution in [1.29, 1.82) is 0 Å². The third kappa shape index (κ3) is 5.78. The van der Waals surface area contributed by atoms with E-state index < -0.39 is 23.5 Å². The molecular weight excluding hydrogens is 588 g/mol. The zero-order valence-electron chi connectivity index (χ0n) is 21.9. The van der Waals surface area contributed by atoms with Crippen LogP contribution in [0.4, 0.5) is 5.13 Å². The van der Waals surface area contributed by atoms with E-state index in [1.807, 2.05) is 38.1 Å². The second-order valence-electron chi connectivity index (χ2n) is 9.00. The smallest absolute Gasteiger partial charge is 0.296 e. The Kier molecular flexibility index (Phi) is 8.55. The quantitative estimate of drug-likeness (QED) is 0.115. The molecule has 0 fully saturated rings. The minimum Gasteiger partial charge on any atom is -0.503 e. The van der Waals surface area contributed by atoms with Crippen LogP contribution in [-0.2, 0) is 10.5 Å². The van der Waals surface area contributed by atoms with Crippen molar-refractivity contribution < 1.29 is 19.4 Å². The van der Waals surface area contributed by atoms with E-state index in [2.05, 4.69) is 15.2 Å². The van der Waals surface area contributed by atoms with Gasteiger partial charge in [-0.05, 0) is 55.7 Å². The number of carbonyl (C=O) groups excluding carboxylic acids is 2. The third-order valence-electron chi connectivity index (χ3n) is 6.11. The van der Waals surface area contributed by atoms with Crippen LogP contribution in [0.25, 0.3) is 0 Å². The number of hydrogen-bond acceptors (Lipinski definition) is 10. The number of nitrogens with zero attached hydrogens (tertiary/aromatic N) is 4. The van der Waals surface area contributed by atoms with E-state index in [-0.39, 0.29) is 10.7 Å². The molecule has 1 N–H and O–H groups in total. The average Bonchev–Trinajstić information content (AvgIpc) is 3.62. The number of ether oxygens (including phenoxy) is 1. The Labute approximate surface area is 248 Å². The molecule has 40 heavy (non-hydrogen) atoms. The minimum absolute atomic E-state index is 0.00968. The lowest BCUT2D eigenvalue weighted by Gasteiger charge is -2.24. The summed E-state index contributed by atoms with van der Waals surface area (Å²) in [6.07, 6.45) is 0.866. The summed E-state index contributed by atoms with van der Waals surface area (Å²) >= 11 is 9.92. The number of anilines is 1. The topological polar surface area (TPSA) is 106 Å². The van der Waals surface area contributed by atoms with Gasteiger partial charge in [0.05, 0.1) is 33.8 Å². The van der Waals surface area contributed by atoms with E-state index in [0.717, 1.165) is 17.0 Å². The summed E-state index contributed by atoms with van der Waals surface area (Å²) in [5, 5.41) is 21.3. The second kappa shape index (κ2) is 12.1. The number of hydrogen-bond donors (Lipinski definition) is 1. The Morgan fingerprint density at radius 3 is 2.48 bits per heavy atom. The van der Waals surface area contributed by atoms with Crippen molar-refractivity contribution >= 4 is 62.9 Å². The number of carbonyl (C=O) groups is 2. The van der Waals surface area contributed by atoms with Crippen molar-refractivity contribution in [1.82, 2.24) is 15.2 Å². The number of aliphatic hydroxyl groups is 1. The SMILES string of the molecule is CCCOc1ccc(C2C(C(=O)c3sc(C)nc3C)=C(O)C(=O)N2c2nnc(SCc3ccc(Cl)cc3)s2)cc1. The molecule has 5 rings (SSSR count). The number of ketones is 1. The summed E-state index contributed by atoms with van der Waals surface area (Å²) in [5.74, 6) is -0.427. The summed E-state index contributed by atoms with van der Waals surface area (Å²) in [6, 6.07) is 13.8. The Hall–Kier alpha value is -3.25. The minimum atomic E-state index is -0.899. The fraction of sp³-hybridized carbons (Fsp3) is 0.250. The van der Waals surface area contributed by atoms with E-state index in [0.29, 0.717) is 43.6 Å². The van der Waals surface area contributed by atoms with Gasteiger partial charge in [-0.2, -0.15) is 0 Å². The molecular formula is C28H25ClN4O4S3. The molecule has 0 spiro atoms. The second-order valence-corrected chi connectivity index (χ2v) is 12.8. The summed E-state index contributed by atoms with van der Waals surface area (Å²) in [5.41, 5.74) is 2.24. The molecule has 3 heterocycles. The van der Waals surface area contributed by atoms with Gasteiger partial charge >= 0.3 is 0 Å². The van der Waals surface area contributed by atoms with E-state index in [1.54, 1.807) is 31.2 Å². The summed E-state index contributed by atoms with van der Waals surface area (Å²) < 4.78 is 6.36. The maximum absolute atomic E-state index is 13.8. The molecule has 12 heteroatoms. The van der Waals surface area contributed by atoms with Crippen LogP contribution < -0.4 is 9.64 Å². The molecule has 0 aliphatic carbocycles. The van der Waals surface area contributed by atoms with Crippen molar-refractivity contribution in [3.63, 3.8) is 0 Å². The normalized spacial score (nSPS) is 15.2. The van der Waals surface area contributed by atoms with Gasteiger partial charge in [0.15, 0.2) is 10.1 Å². The van der Waals surface area contributed by atoms with Crippen LogP contribution in [0.3, 0.4) is 0 Å². The Bertz CT molecular complexity index is 1580. The maximum Gasteiger partial charge on any atom is 0.296 e. The highest BCUT2D eigenvalue weighted by atomic mass is 35.5. The molecule has 1 atom stereocenters. The van der Waals surface area contributed by atoms with E-state index in [1.165, 1.54) is 39.3 Å². The van der Waals surface area contributed by atoms with Crippen molar-refractivity contribution in [3.05, 3.63) is 91.6 Å². The average molecular weight is 613 g/mol. The van der Waals surface area contributed by atoms with Gasteiger partial charge in [-0.15, -0.1) is 21.5 Å². The molecule has 8 nitrogen and oxygen atoms in total. The van der Waals surface area contributed by atoms with Crippen molar-refractivity contribution in [3.8, 4) is 5.75 Å². The number of aryl methyl sites for hydroxylation is 2. The molecule has 0 radical (unpaired) electrons. The first-order chi connectivity index (χ1) is 19.3. The van der Waals surface area contributed by atoms with Gasteiger partial charge in [0, 0.05) is 10.8 Å². The van der Waals surface area contributed by atoms with E-state index in [4.69, 9.17) is 16.3 Å². The fourth-order valence-corrected chi connectivity index (χ4v) is 7.09. The molecule has 0 bridgehead atoms. The molecule has 1 unspecified atom stereocenters. The molecule has 1 aliphatic heterocycles. The first-order valence-electron chi connectivity index (χ1n) is 12.5. The third-order valence-corrected chi connectivity index (χ3v) is 9.56. The summed E-state index contributed by atoms with van der Waals surface area (Å²) in [4.78, 5) is 33.4. The van der Waals surface area contributed by atoms with Crippen molar-refractivity contribution in [2.24, 2.45) is 0 Å². The van der Waals surface area contributed by atoms with Crippen molar-refractivity contribution in [2.75, 3.05) is 11.5 Å². The van der Waals surface area contributed by atoms with Gasteiger partial charge in [-0.3, -0.25) is 14.5 Å². The number of rotatable bonds is 10. The molecule has 4 aromatic rings. The van der Waals surface area contributed by atoms with Gasteiger partial charge in [0.1, 0.15) is 5.75 Å². The highest BCUT2D eigenvalue weighted by Gasteiger charge is 2.46. The molecule has 0 saturated carbocycles. The fourth-order valence-electron chi connectivity index (χ4n) is 4.26. The number of amides is 1. The van der Waals surface area contributed by atoms with Crippen LogP contribution in [0, 0.1) is 13.8 Å². The highest BCUT2D eigenvalue weighted by molar-refractivity contribution is 8.00. The Morgan fingerprint density at radius 2 is 1.82 bits per heavy atom. The summed E-state index contributed by atoms with van der Waals surface area (Å²) in [7, 11) is 0. The first kappa shape index (κ1) is 28.3. The predicted molar refractivity (Wildman–Crippen MR) is 159 cm³/mol. The maximum atomic E-state index is 13.8. The Balaban J connectivity index is 1.49. The lowest BCUT2D eigenvalue weighted by atomic mass is 9.95. The zero-order valence-corrected chi connectivity index (χ0v) is 25.1. The molecule has 1 amide bonds. The van der Waals surface area contributed by atoms with E-state index >= 15 is 0 Å². The van der Waals surface area contributed by atoms with Gasteiger partial charge < -0.3 is 9.84 Å². The van der Waals surface area contributed by atoms with Crippen LogP contribution in [0.15, 0.2) is 64.2 Å². The number of aromatic nitrogens is 3. The number of thioether (sulfide) groups is 1. The number of Topliss-reactive ketones (excluding diaryl/α,β-unsaturated/α-hetero) is 1. The van der Waals surface area contributed by atoms with Gasteiger partial charge in [0.2, 0.25) is 10.9 Å². The number of thiazole rings is 1. The van der Waals surface area contributed by atoms with Crippen LogP contribution in [0.1, 0.15) is 50.9 Å². The molecule has 206 valence electrons. The van der Waals surface area contributed by atoms with Crippen LogP contribution in [-0.4, -0.2) is 38.6 Å². The summed E-state index contributed by atoms with van der Waals surface area (Å²) in [6.45, 7) is 6.15. The van der Waals surface area contributed by atoms with Gasteiger partial charge in [-0.1, -0.05) is 65.9 Å². The number of aliphatic hydroxyl groups excluding tert-OH is 1. The van der Waals surface area contributed by atoms with Crippen molar-refractivity contribution in [2.45, 2.75) is 43.3 Å². The molecule has 2 aromatic carbocycles. The predicted octanol–water partition coefficient (Wildman–Crippen LogP) is 7.13. The standard InChI is InChI=1S/C28H25ClN4O4S3/c1-4-13-37-20-11-7-18(8-12-20)22-21(23(34)25-15(2)30-16(3)39-25)24(35)26(36)33(22)27-31-32-28(40-27)38-14-17-5-9-19(29)10-6-17/h5-12,22,35H,4,13-14H2,1-3H3. The van der Waals surface area contributed by atoms with Gasteiger partial charge in [-0.25, -0.2) is 4.98 Å². The molecule has 1 aliphatic rings. The molecule has 0 saturated heterocycles. The highest BCUT2D eigenvalue weighted by Crippen LogP contribution is 2.44. The first-order valence-corrected chi connectivity index (χ1v) is 15.5.